The number of rotatable bonds is 13. The third-order valence-corrected chi connectivity index (χ3v) is 7.01. The SMILES string of the molecule is C=C/C(CC)=C(NSC)/C(F)=C\C(=C)CNC(=O)/C=C/C(C)=C(/C=C(\CC)C(C)(C)C)N1CCN(C)CC1. The van der Waals surface area contributed by atoms with Gasteiger partial charge in [-0.05, 0) is 61.1 Å². The molecule has 0 radical (unpaired) electrons. The molecule has 1 saturated heterocycles. The van der Waals surface area contributed by atoms with Crippen molar-refractivity contribution in [3.63, 3.8) is 0 Å². The number of halogens is 1. The van der Waals surface area contributed by atoms with Crippen LogP contribution in [-0.2, 0) is 4.79 Å². The van der Waals surface area contributed by atoms with E-state index in [0.717, 1.165) is 49.4 Å². The molecule has 1 aliphatic rings. The first kappa shape index (κ1) is 33.5. The van der Waals surface area contributed by atoms with Crippen LogP contribution in [0.15, 0.2) is 83.1 Å². The van der Waals surface area contributed by atoms with E-state index in [1.165, 1.54) is 23.6 Å². The predicted molar refractivity (Wildman–Crippen MR) is 164 cm³/mol. The van der Waals surface area contributed by atoms with Gasteiger partial charge in [-0.3, -0.25) is 4.79 Å². The summed E-state index contributed by atoms with van der Waals surface area (Å²) in [5, 5.41) is 2.82. The van der Waals surface area contributed by atoms with Gasteiger partial charge >= 0.3 is 0 Å². The van der Waals surface area contributed by atoms with Crippen LogP contribution < -0.4 is 10.0 Å². The summed E-state index contributed by atoms with van der Waals surface area (Å²) in [5.74, 6) is -0.676. The van der Waals surface area contributed by atoms with Crippen molar-refractivity contribution in [1.29, 1.82) is 0 Å². The number of hydrogen-bond acceptors (Lipinski definition) is 5. The van der Waals surface area contributed by atoms with Crippen LogP contribution in [0.5, 0.6) is 0 Å². The lowest BCUT2D eigenvalue weighted by Gasteiger charge is -2.36. The summed E-state index contributed by atoms with van der Waals surface area (Å²) in [6.45, 7) is 24.7. The molecule has 2 N–H and O–H groups in total. The smallest absolute Gasteiger partial charge is 0.244 e. The number of nitrogens with zero attached hydrogens (tertiary/aromatic N) is 2. The molecular weight excluding hydrogens is 495 g/mol. The van der Waals surface area contributed by atoms with Gasteiger partial charge in [0.2, 0.25) is 5.91 Å². The van der Waals surface area contributed by atoms with Crippen molar-refractivity contribution in [1.82, 2.24) is 19.8 Å². The van der Waals surface area contributed by atoms with E-state index in [4.69, 9.17) is 0 Å². The summed E-state index contributed by atoms with van der Waals surface area (Å²) >= 11 is 1.31. The first-order chi connectivity index (χ1) is 17.9. The maximum absolute atomic E-state index is 14.9. The Labute approximate surface area is 235 Å². The minimum atomic E-state index is -0.432. The zero-order chi connectivity index (χ0) is 28.9. The fourth-order valence-electron chi connectivity index (χ4n) is 4.16. The predicted octanol–water partition coefficient (Wildman–Crippen LogP) is 6.69. The van der Waals surface area contributed by atoms with Gasteiger partial charge in [0, 0.05) is 50.8 Å². The van der Waals surface area contributed by atoms with Gasteiger partial charge in [-0.15, -0.1) is 0 Å². The van der Waals surface area contributed by atoms with Crippen LogP contribution in [0.3, 0.4) is 0 Å². The van der Waals surface area contributed by atoms with E-state index < -0.39 is 5.83 Å². The van der Waals surface area contributed by atoms with Gasteiger partial charge in [0.25, 0.3) is 0 Å². The van der Waals surface area contributed by atoms with E-state index in [-0.39, 0.29) is 17.9 Å². The lowest BCUT2D eigenvalue weighted by molar-refractivity contribution is -0.116. The number of hydrogen-bond donors (Lipinski definition) is 2. The summed E-state index contributed by atoms with van der Waals surface area (Å²) in [5.41, 5.74) is 5.28. The molecule has 212 valence electrons. The van der Waals surface area contributed by atoms with Crippen LogP contribution in [-0.4, -0.2) is 61.7 Å². The third-order valence-electron chi connectivity index (χ3n) is 6.60. The largest absolute Gasteiger partial charge is 0.369 e. The van der Waals surface area contributed by atoms with Crippen molar-refractivity contribution in [3.8, 4) is 0 Å². The van der Waals surface area contributed by atoms with Gasteiger partial charge in [-0.25, -0.2) is 4.39 Å². The van der Waals surface area contributed by atoms with Crippen molar-refractivity contribution in [2.75, 3.05) is 46.0 Å². The minimum absolute atomic E-state index is 0.0705. The molecule has 1 fully saturated rings. The zero-order valence-corrected chi connectivity index (χ0v) is 25.7. The summed E-state index contributed by atoms with van der Waals surface area (Å²) in [6, 6.07) is 0. The van der Waals surface area contributed by atoms with Gasteiger partial charge in [0.1, 0.15) is 5.83 Å². The summed E-state index contributed by atoms with van der Waals surface area (Å²) in [6.07, 6.45) is 12.2. The highest BCUT2D eigenvalue weighted by atomic mass is 32.2. The van der Waals surface area contributed by atoms with E-state index in [1.54, 1.807) is 12.2 Å². The molecule has 7 heteroatoms. The summed E-state index contributed by atoms with van der Waals surface area (Å²) in [4.78, 5) is 17.4. The molecule has 1 rings (SSSR count). The van der Waals surface area contributed by atoms with Gasteiger partial charge in [-0.2, -0.15) is 0 Å². The number of likely N-dealkylation sites (N-methyl/N-ethyl adjacent to an activating group) is 1. The molecule has 5 nitrogen and oxygen atoms in total. The van der Waals surface area contributed by atoms with Gasteiger partial charge in [0.15, 0.2) is 0 Å². The highest BCUT2D eigenvalue weighted by molar-refractivity contribution is 7.96. The standard InChI is InChI=1S/C31H49FN4OS/c1-11-25(12-2)30(34-38-10)27(32)20-23(4)22-33-29(37)15-14-24(5)28(21-26(13-3)31(6,7)8)36-18-16-35(9)17-19-36/h11,14-15,20-21,34H,1,4,12-13,16-19,22H2,2-3,5-10H3,(H,33,37)/b15-14+,26-21+,27-20+,28-24-,30-25+. The van der Waals surface area contributed by atoms with Crippen molar-refractivity contribution < 1.29 is 9.18 Å². The highest BCUT2D eigenvalue weighted by Gasteiger charge is 2.20. The first-order valence-electron chi connectivity index (χ1n) is 13.4. The minimum Gasteiger partial charge on any atom is -0.369 e. The molecule has 0 aromatic heterocycles. The molecule has 1 amide bonds. The van der Waals surface area contributed by atoms with Crippen LogP contribution >= 0.6 is 11.9 Å². The second-order valence-corrected chi connectivity index (χ2v) is 11.2. The molecule has 0 aliphatic carbocycles. The molecular formula is C31H49FN4OS. The van der Waals surface area contributed by atoms with E-state index in [9.17, 15) is 9.18 Å². The van der Waals surface area contributed by atoms with Crippen LogP contribution in [0.25, 0.3) is 0 Å². The molecule has 0 saturated carbocycles. The molecule has 1 heterocycles. The fourth-order valence-corrected chi connectivity index (χ4v) is 4.59. The number of amides is 1. The second kappa shape index (κ2) is 16.5. The van der Waals surface area contributed by atoms with Crippen molar-refractivity contribution in [3.05, 3.63) is 83.1 Å². The highest BCUT2D eigenvalue weighted by Crippen LogP contribution is 2.30. The summed E-state index contributed by atoms with van der Waals surface area (Å²) in [7, 11) is 2.15. The average Bonchev–Trinajstić information content (AvgIpc) is 2.86. The maximum Gasteiger partial charge on any atom is 0.244 e. The third kappa shape index (κ3) is 11.1. The van der Waals surface area contributed by atoms with Crippen LogP contribution in [0.2, 0.25) is 0 Å². The average molecular weight is 545 g/mol. The molecule has 0 atom stereocenters. The van der Waals surface area contributed by atoms with Crippen molar-refractivity contribution in [2.24, 2.45) is 5.41 Å². The Hall–Kier alpha value is -2.51. The first-order valence-corrected chi connectivity index (χ1v) is 14.6. The van der Waals surface area contributed by atoms with Crippen LogP contribution in [0, 0.1) is 5.41 Å². The Bertz CT molecular complexity index is 990. The van der Waals surface area contributed by atoms with E-state index in [2.05, 4.69) is 80.7 Å². The van der Waals surface area contributed by atoms with E-state index in [1.807, 2.05) is 19.3 Å². The van der Waals surface area contributed by atoms with Gasteiger partial charge in [-0.1, -0.05) is 77.4 Å². The number of carbonyl (C=O) groups is 1. The number of nitrogens with one attached hydrogen (secondary N) is 2. The molecule has 0 aromatic rings. The molecule has 0 spiro atoms. The van der Waals surface area contributed by atoms with E-state index >= 15 is 0 Å². The quantitative estimate of drug-likeness (QED) is 0.154. The number of carbonyl (C=O) groups excluding carboxylic acids is 1. The number of piperazine rings is 1. The Morgan fingerprint density at radius 1 is 1.08 bits per heavy atom. The molecule has 38 heavy (non-hydrogen) atoms. The Balaban J connectivity index is 3.05. The maximum atomic E-state index is 14.9. The Morgan fingerprint density at radius 2 is 1.71 bits per heavy atom. The molecule has 0 unspecified atom stereocenters. The number of allylic oxidation sites excluding steroid dienone is 7. The van der Waals surface area contributed by atoms with E-state index in [0.29, 0.717) is 17.7 Å². The van der Waals surface area contributed by atoms with Gasteiger partial charge in [0.05, 0.1) is 5.70 Å². The fraction of sp³-hybridized carbons (Fsp3) is 0.516. The van der Waals surface area contributed by atoms with Crippen LogP contribution in [0.4, 0.5) is 4.39 Å². The second-order valence-electron chi connectivity index (χ2n) is 10.6. The molecule has 1 aliphatic heterocycles. The van der Waals surface area contributed by atoms with Gasteiger partial charge < -0.3 is 19.8 Å². The molecule has 0 aromatic carbocycles. The summed E-state index contributed by atoms with van der Waals surface area (Å²) < 4.78 is 17.9. The normalized spacial score (nSPS) is 17.2. The van der Waals surface area contributed by atoms with Crippen molar-refractivity contribution >= 4 is 17.9 Å². The van der Waals surface area contributed by atoms with Crippen molar-refractivity contribution in [2.45, 2.75) is 54.4 Å². The topological polar surface area (TPSA) is 47.6 Å². The molecule has 0 bridgehead atoms. The monoisotopic (exact) mass is 544 g/mol. The zero-order valence-electron chi connectivity index (χ0n) is 24.8. The lowest BCUT2D eigenvalue weighted by Crippen LogP contribution is -2.43. The Morgan fingerprint density at radius 3 is 2.21 bits per heavy atom. The van der Waals surface area contributed by atoms with Crippen LogP contribution in [0.1, 0.15) is 54.4 Å². The lowest BCUT2D eigenvalue weighted by atomic mass is 9.84. The Kier molecular flexibility index (Phi) is 14.5.